The second-order valence-electron chi connectivity index (χ2n) is 17.1. The van der Waals surface area contributed by atoms with E-state index in [9.17, 15) is 19.8 Å². The van der Waals surface area contributed by atoms with Crippen LogP contribution in [0.5, 0.6) is 5.75 Å². The number of aliphatic hydroxyl groups excluding tert-OH is 1. The SMILES string of the molecule is C=C1C[C@H](C[C@@H]2CC(=C)C[C@H](/C=C/C(C)(C)[C@]3(OC)O[C@H](C[C@@H](O)[C@@H](C)OCOCc4ccccc4)CCC3=O)O2)O[C@H](C[C@H](CC(=O)O)OCc2ccc(OC)cc2)C1. The van der Waals surface area contributed by atoms with Gasteiger partial charge in [0, 0.05) is 38.2 Å². The summed E-state index contributed by atoms with van der Waals surface area (Å²) in [5, 5.41) is 20.7. The molecule has 5 rings (SSSR count). The van der Waals surface area contributed by atoms with E-state index < -0.39 is 41.6 Å². The number of hydrogen-bond donors (Lipinski definition) is 2. The summed E-state index contributed by atoms with van der Waals surface area (Å²) in [6.07, 6.45) is 5.23. The number of carboxylic acid groups (broad SMARTS) is 1. The van der Waals surface area contributed by atoms with Gasteiger partial charge in [-0.3, -0.25) is 9.59 Å². The summed E-state index contributed by atoms with van der Waals surface area (Å²) in [5.41, 5.74) is 3.17. The molecule has 3 saturated heterocycles. The Kier molecular flexibility index (Phi) is 17.7. The average molecular weight is 835 g/mol. The number of Topliss-reactive ketones (excluding diaryl/α,β-unsaturated/α-hetero) is 1. The van der Waals surface area contributed by atoms with Gasteiger partial charge in [0.25, 0.3) is 0 Å². The van der Waals surface area contributed by atoms with Gasteiger partial charge in [-0.2, -0.15) is 0 Å². The highest BCUT2D eigenvalue weighted by atomic mass is 16.7. The van der Waals surface area contributed by atoms with E-state index in [0.29, 0.717) is 51.6 Å². The van der Waals surface area contributed by atoms with Crippen molar-refractivity contribution in [1.29, 1.82) is 0 Å². The lowest BCUT2D eigenvalue weighted by molar-refractivity contribution is -0.286. The first kappa shape index (κ1) is 47.3. The van der Waals surface area contributed by atoms with Crippen molar-refractivity contribution in [1.82, 2.24) is 0 Å². The van der Waals surface area contributed by atoms with Gasteiger partial charge < -0.3 is 48.1 Å². The van der Waals surface area contributed by atoms with Crippen molar-refractivity contribution in [2.24, 2.45) is 5.41 Å². The summed E-state index contributed by atoms with van der Waals surface area (Å²) in [7, 11) is 3.09. The zero-order valence-corrected chi connectivity index (χ0v) is 36.1. The zero-order valence-electron chi connectivity index (χ0n) is 36.1. The lowest BCUT2D eigenvalue weighted by Gasteiger charge is -2.47. The summed E-state index contributed by atoms with van der Waals surface area (Å²) in [4.78, 5) is 25.4. The van der Waals surface area contributed by atoms with E-state index in [-0.39, 0.29) is 62.9 Å². The van der Waals surface area contributed by atoms with E-state index in [0.717, 1.165) is 28.0 Å². The van der Waals surface area contributed by atoms with E-state index in [1.165, 1.54) is 7.11 Å². The summed E-state index contributed by atoms with van der Waals surface area (Å²) >= 11 is 0. The van der Waals surface area contributed by atoms with Crippen molar-refractivity contribution in [3.05, 3.63) is 102 Å². The molecule has 0 bridgehead atoms. The fourth-order valence-electron chi connectivity index (χ4n) is 8.42. The highest BCUT2D eigenvalue weighted by molar-refractivity contribution is 5.87. The first-order chi connectivity index (χ1) is 28.7. The minimum Gasteiger partial charge on any atom is -0.497 e. The Morgan fingerprint density at radius 2 is 1.57 bits per heavy atom. The third-order valence-electron chi connectivity index (χ3n) is 11.7. The molecular weight excluding hydrogens is 769 g/mol. The predicted molar refractivity (Wildman–Crippen MR) is 226 cm³/mol. The molecule has 0 aromatic heterocycles. The standard InChI is InChI=1S/C48H66O12/c1-32-21-38(58-42(22-32)26-43-24-33(2)23-41(59-43)25-40(28-46(51)52)56-30-36-13-15-37(53-6)16-14-36)19-20-47(4,5)48(54-7)45(50)18-17-39(60-48)27-44(49)34(3)57-31-55-29-35-11-9-8-10-12-35/h8-16,19-20,34,38-44,49H,1-2,17-18,21-31H2,3-7H3,(H,51,52)/b20-19+/t34-,38+,39+,40-,41+,42+,43-,44-,48-/m1/s1. The zero-order chi connectivity index (χ0) is 43.3. The Morgan fingerprint density at radius 1 is 0.900 bits per heavy atom. The number of methoxy groups -OCH3 is 2. The van der Waals surface area contributed by atoms with Crippen molar-refractivity contribution in [2.45, 2.75) is 153 Å². The molecule has 2 aromatic rings. The van der Waals surface area contributed by atoms with Gasteiger partial charge in [-0.25, -0.2) is 0 Å². The van der Waals surface area contributed by atoms with Crippen LogP contribution in [0.15, 0.2) is 91.1 Å². The highest BCUT2D eigenvalue weighted by Gasteiger charge is 2.55. The molecule has 3 aliphatic rings. The third kappa shape index (κ3) is 13.6. The number of aliphatic hydroxyl groups is 1. The fourth-order valence-corrected chi connectivity index (χ4v) is 8.42. The predicted octanol–water partition coefficient (Wildman–Crippen LogP) is 8.05. The van der Waals surface area contributed by atoms with Crippen molar-refractivity contribution < 1.29 is 57.7 Å². The van der Waals surface area contributed by atoms with Crippen LogP contribution in [0.25, 0.3) is 0 Å². The molecule has 3 aliphatic heterocycles. The Bertz CT molecular complexity index is 1720. The summed E-state index contributed by atoms with van der Waals surface area (Å²) in [6.45, 7) is 15.0. The van der Waals surface area contributed by atoms with Crippen molar-refractivity contribution in [3.8, 4) is 5.75 Å². The second-order valence-corrected chi connectivity index (χ2v) is 17.1. The number of hydrogen-bond acceptors (Lipinski definition) is 11. The quantitative estimate of drug-likeness (QED) is 0.0672. The lowest BCUT2D eigenvalue weighted by atomic mass is 9.76. The van der Waals surface area contributed by atoms with Gasteiger partial charge >= 0.3 is 5.97 Å². The van der Waals surface area contributed by atoms with Crippen LogP contribution in [0, 0.1) is 5.41 Å². The number of ketones is 1. The van der Waals surface area contributed by atoms with Crippen molar-refractivity contribution in [3.63, 3.8) is 0 Å². The number of rotatable bonds is 22. The van der Waals surface area contributed by atoms with Crippen molar-refractivity contribution >= 4 is 11.8 Å². The van der Waals surface area contributed by atoms with Crippen LogP contribution < -0.4 is 4.74 Å². The molecule has 3 heterocycles. The van der Waals surface area contributed by atoms with E-state index in [1.54, 1.807) is 14.0 Å². The smallest absolute Gasteiger partial charge is 0.305 e. The molecular formula is C48H66O12. The van der Waals surface area contributed by atoms with Crippen LogP contribution in [0.4, 0.5) is 0 Å². The molecule has 60 heavy (non-hydrogen) atoms. The van der Waals surface area contributed by atoms with Crippen molar-refractivity contribution in [2.75, 3.05) is 21.0 Å². The third-order valence-corrected chi connectivity index (χ3v) is 11.7. The first-order valence-corrected chi connectivity index (χ1v) is 21.2. The molecule has 9 atom stereocenters. The average Bonchev–Trinajstić information content (AvgIpc) is 3.21. The Balaban J connectivity index is 1.14. The molecule has 0 saturated carbocycles. The van der Waals surface area contributed by atoms with Crippen LogP contribution in [0.1, 0.15) is 96.1 Å². The molecule has 2 aromatic carbocycles. The van der Waals surface area contributed by atoms with E-state index >= 15 is 0 Å². The number of benzene rings is 2. The van der Waals surface area contributed by atoms with Gasteiger partial charge in [-0.05, 0) is 62.3 Å². The van der Waals surface area contributed by atoms with Crippen LogP contribution in [-0.2, 0) is 56.0 Å². The normalized spacial score (nSPS) is 26.8. The molecule has 0 aliphatic carbocycles. The fraction of sp³-hybridized carbons (Fsp3) is 0.583. The number of carbonyl (C=O) groups is 2. The topological polar surface area (TPSA) is 148 Å². The van der Waals surface area contributed by atoms with E-state index in [1.807, 2.05) is 80.6 Å². The number of carboxylic acids is 1. The van der Waals surface area contributed by atoms with Gasteiger partial charge in [-0.15, -0.1) is 0 Å². The summed E-state index contributed by atoms with van der Waals surface area (Å²) in [6, 6.07) is 17.3. The number of carbonyl (C=O) groups excluding carboxylic acids is 1. The van der Waals surface area contributed by atoms with Gasteiger partial charge in [0.05, 0.1) is 75.6 Å². The minimum absolute atomic E-state index is 0.0358. The van der Waals surface area contributed by atoms with E-state index in [2.05, 4.69) is 13.2 Å². The maximum atomic E-state index is 13.6. The monoisotopic (exact) mass is 834 g/mol. The Morgan fingerprint density at radius 3 is 2.25 bits per heavy atom. The molecule has 0 radical (unpaired) electrons. The molecule has 2 N–H and O–H groups in total. The summed E-state index contributed by atoms with van der Waals surface area (Å²) in [5.74, 6) is -1.91. The van der Waals surface area contributed by atoms with Gasteiger partial charge in [0.15, 0.2) is 5.78 Å². The molecule has 12 heteroatoms. The Hall–Kier alpha value is -3.72. The molecule has 12 nitrogen and oxygen atoms in total. The van der Waals surface area contributed by atoms with Crippen LogP contribution in [0.3, 0.4) is 0 Å². The van der Waals surface area contributed by atoms with Gasteiger partial charge in [-0.1, -0.05) is 92.8 Å². The van der Waals surface area contributed by atoms with Crippen LogP contribution in [-0.4, -0.2) is 97.6 Å². The molecule has 0 amide bonds. The first-order valence-electron chi connectivity index (χ1n) is 21.2. The molecule has 0 spiro atoms. The van der Waals surface area contributed by atoms with Gasteiger partial charge in [0.1, 0.15) is 12.5 Å². The number of ether oxygens (including phenoxy) is 8. The summed E-state index contributed by atoms with van der Waals surface area (Å²) < 4.78 is 48.4. The Labute approximate surface area is 355 Å². The highest BCUT2D eigenvalue weighted by Crippen LogP contribution is 2.44. The minimum atomic E-state index is -1.57. The van der Waals surface area contributed by atoms with Crippen LogP contribution >= 0.6 is 0 Å². The lowest BCUT2D eigenvalue weighted by Crippen LogP contribution is -2.59. The largest absolute Gasteiger partial charge is 0.497 e. The van der Waals surface area contributed by atoms with Gasteiger partial charge in [0.2, 0.25) is 5.79 Å². The van der Waals surface area contributed by atoms with Crippen LogP contribution in [0.2, 0.25) is 0 Å². The maximum Gasteiger partial charge on any atom is 0.305 e. The molecule has 330 valence electrons. The molecule has 0 unspecified atom stereocenters. The molecule has 3 fully saturated rings. The maximum absolute atomic E-state index is 13.6. The van der Waals surface area contributed by atoms with E-state index in [4.69, 9.17) is 37.9 Å². The number of aliphatic carboxylic acids is 1. The second kappa shape index (κ2) is 22.4.